The molecule has 2 aromatic carbocycles. The van der Waals surface area contributed by atoms with Crippen LogP contribution in [0.2, 0.25) is 0 Å². The Balaban J connectivity index is 2.28. The summed E-state index contributed by atoms with van der Waals surface area (Å²) in [6.07, 6.45) is 0. The van der Waals surface area contributed by atoms with Crippen molar-refractivity contribution in [1.29, 1.82) is 0 Å². The number of hydrogen-bond donors (Lipinski definition) is 2. The van der Waals surface area contributed by atoms with Gasteiger partial charge in [-0.3, -0.25) is 14.9 Å². The van der Waals surface area contributed by atoms with Crippen molar-refractivity contribution in [2.24, 2.45) is 0 Å². The van der Waals surface area contributed by atoms with Crippen LogP contribution in [0.3, 0.4) is 0 Å². The van der Waals surface area contributed by atoms with Crippen LogP contribution in [-0.4, -0.2) is 10.8 Å². The third-order valence-corrected chi connectivity index (χ3v) is 2.61. The van der Waals surface area contributed by atoms with E-state index in [0.29, 0.717) is 0 Å². The summed E-state index contributed by atoms with van der Waals surface area (Å²) in [5, 5.41) is 13.1. The van der Waals surface area contributed by atoms with Crippen LogP contribution in [-0.2, 0) is 0 Å². The molecule has 2 aromatic rings. The number of halogens is 1. The van der Waals surface area contributed by atoms with E-state index in [4.69, 9.17) is 5.73 Å². The molecule has 0 atom stereocenters. The van der Waals surface area contributed by atoms with Crippen LogP contribution in [0.4, 0.5) is 21.5 Å². The zero-order valence-electron chi connectivity index (χ0n) is 10.2. The second-order valence-electron chi connectivity index (χ2n) is 3.96. The van der Waals surface area contributed by atoms with E-state index in [9.17, 15) is 19.3 Å². The number of nitrogens with two attached hydrogens (primary N) is 1. The molecule has 1 amide bonds. The van der Waals surface area contributed by atoms with Gasteiger partial charge in [-0.25, -0.2) is 4.39 Å². The Morgan fingerprint density at radius 1 is 1.25 bits per heavy atom. The number of para-hydroxylation sites is 1. The zero-order valence-corrected chi connectivity index (χ0v) is 10.2. The third-order valence-electron chi connectivity index (χ3n) is 2.61. The van der Waals surface area contributed by atoms with Crippen LogP contribution in [0.25, 0.3) is 0 Å². The molecule has 102 valence electrons. The number of carbonyl (C=O) groups excluding carboxylic acids is 1. The Bertz CT molecular complexity index is 688. The maximum atomic E-state index is 13.4. The van der Waals surface area contributed by atoms with Crippen LogP contribution in [0.1, 0.15) is 10.4 Å². The number of nitrogens with zero attached hydrogens (tertiary/aromatic N) is 1. The number of nitro benzene ring substituents is 1. The molecule has 0 aliphatic heterocycles. The molecule has 0 spiro atoms. The van der Waals surface area contributed by atoms with E-state index in [1.165, 1.54) is 30.3 Å². The fraction of sp³-hybridized carbons (Fsp3) is 0. The first-order valence-corrected chi connectivity index (χ1v) is 5.59. The summed E-state index contributed by atoms with van der Waals surface area (Å²) in [6, 6.07) is 9.27. The molecule has 0 aromatic heterocycles. The first kappa shape index (κ1) is 13.5. The molecule has 0 bridgehead atoms. The predicted octanol–water partition coefficient (Wildman–Crippen LogP) is 2.57. The van der Waals surface area contributed by atoms with Crippen molar-refractivity contribution in [3.05, 3.63) is 64.0 Å². The molecule has 0 radical (unpaired) electrons. The quantitative estimate of drug-likeness (QED) is 0.511. The summed E-state index contributed by atoms with van der Waals surface area (Å²) in [4.78, 5) is 22.0. The monoisotopic (exact) mass is 275 g/mol. The van der Waals surface area contributed by atoms with Gasteiger partial charge in [-0.05, 0) is 24.3 Å². The highest BCUT2D eigenvalue weighted by Gasteiger charge is 2.16. The summed E-state index contributed by atoms with van der Waals surface area (Å²) in [5.74, 6) is -1.25. The van der Waals surface area contributed by atoms with Crippen LogP contribution < -0.4 is 11.1 Å². The van der Waals surface area contributed by atoms with Crippen molar-refractivity contribution in [3.8, 4) is 0 Å². The summed E-state index contributed by atoms with van der Waals surface area (Å²) < 4.78 is 13.4. The molecule has 20 heavy (non-hydrogen) atoms. The Hall–Kier alpha value is -2.96. The number of nitro groups is 1. The molecule has 3 N–H and O–H groups in total. The van der Waals surface area contributed by atoms with E-state index in [-0.39, 0.29) is 22.6 Å². The van der Waals surface area contributed by atoms with Crippen molar-refractivity contribution < 1.29 is 14.1 Å². The predicted molar refractivity (Wildman–Crippen MR) is 71.9 cm³/mol. The van der Waals surface area contributed by atoms with E-state index in [2.05, 4.69) is 5.32 Å². The minimum absolute atomic E-state index is 0.00280. The molecule has 0 unspecified atom stereocenters. The number of nitrogen functional groups attached to an aromatic ring is 1. The molecular formula is C13H10FN3O3. The standard InChI is InChI=1S/C13H10FN3O3/c14-9-3-1-2-4-11(9)16-13(18)8-5-6-10(15)12(7-8)17(19)20/h1-7H,15H2,(H,16,18). The molecular weight excluding hydrogens is 265 g/mol. The van der Waals surface area contributed by atoms with Gasteiger partial charge in [0, 0.05) is 11.6 Å². The molecule has 0 aliphatic rings. The van der Waals surface area contributed by atoms with Gasteiger partial charge in [0.1, 0.15) is 11.5 Å². The van der Waals surface area contributed by atoms with Crippen LogP contribution in [0.15, 0.2) is 42.5 Å². The van der Waals surface area contributed by atoms with Gasteiger partial charge in [0.2, 0.25) is 0 Å². The number of nitrogens with one attached hydrogen (secondary N) is 1. The van der Waals surface area contributed by atoms with E-state index in [1.807, 2.05) is 0 Å². The molecule has 7 heteroatoms. The maximum Gasteiger partial charge on any atom is 0.292 e. The summed E-state index contributed by atoms with van der Waals surface area (Å²) >= 11 is 0. The normalized spacial score (nSPS) is 10.1. The number of carbonyl (C=O) groups is 1. The van der Waals surface area contributed by atoms with E-state index in [1.54, 1.807) is 6.07 Å². The summed E-state index contributed by atoms with van der Waals surface area (Å²) in [5.41, 5.74) is 5.04. The average molecular weight is 275 g/mol. The van der Waals surface area contributed by atoms with Gasteiger partial charge < -0.3 is 11.1 Å². The van der Waals surface area contributed by atoms with Gasteiger partial charge in [-0.2, -0.15) is 0 Å². The lowest BCUT2D eigenvalue weighted by molar-refractivity contribution is -0.383. The van der Waals surface area contributed by atoms with Gasteiger partial charge in [-0.1, -0.05) is 12.1 Å². The van der Waals surface area contributed by atoms with E-state index in [0.717, 1.165) is 6.07 Å². The zero-order chi connectivity index (χ0) is 14.7. The lowest BCUT2D eigenvalue weighted by Crippen LogP contribution is -2.13. The lowest BCUT2D eigenvalue weighted by Gasteiger charge is -2.06. The second-order valence-corrected chi connectivity index (χ2v) is 3.96. The van der Waals surface area contributed by atoms with Crippen LogP contribution in [0, 0.1) is 15.9 Å². The van der Waals surface area contributed by atoms with E-state index < -0.39 is 16.6 Å². The minimum Gasteiger partial charge on any atom is -0.393 e. The van der Waals surface area contributed by atoms with Gasteiger partial charge in [0.25, 0.3) is 11.6 Å². The van der Waals surface area contributed by atoms with Gasteiger partial charge >= 0.3 is 0 Å². The van der Waals surface area contributed by atoms with Gasteiger partial charge in [-0.15, -0.1) is 0 Å². The summed E-state index contributed by atoms with van der Waals surface area (Å²) in [7, 11) is 0. The fourth-order valence-electron chi connectivity index (χ4n) is 1.60. The Kier molecular flexibility index (Phi) is 3.60. The van der Waals surface area contributed by atoms with Gasteiger partial charge in [0.05, 0.1) is 10.6 Å². The Labute approximate surface area is 113 Å². The van der Waals surface area contributed by atoms with Crippen LogP contribution >= 0.6 is 0 Å². The highest BCUT2D eigenvalue weighted by molar-refractivity contribution is 6.05. The largest absolute Gasteiger partial charge is 0.393 e. The molecule has 0 fully saturated rings. The molecule has 0 saturated carbocycles. The molecule has 0 saturated heterocycles. The van der Waals surface area contributed by atoms with Crippen molar-refractivity contribution in [3.63, 3.8) is 0 Å². The topological polar surface area (TPSA) is 98.3 Å². The summed E-state index contributed by atoms with van der Waals surface area (Å²) in [6.45, 7) is 0. The lowest BCUT2D eigenvalue weighted by atomic mass is 10.1. The first-order chi connectivity index (χ1) is 9.49. The number of amides is 1. The van der Waals surface area contributed by atoms with Crippen molar-refractivity contribution in [1.82, 2.24) is 0 Å². The molecule has 6 nitrogen and oxygen atoms in total. The molecule has 2 rings (SSSR count). The maximum absolute atomic E-state index is 13.4. The minimum atomic E-state index is -0.685. The Morgan fingerprint density at radius 2 is 1.95 bits per heavy atom. The first-order valence-electron chi connectivity index (χ1n) is 5.59. The van der Waals surface area contributed by atoms with Crippen LogP contribution in [0.5, 0.6) is 0 Å². The fourth-order valence-corrected chi connectivity index (χ4v) is 1.60. The Morgan fingerprint density at radius 3 is 2.60 bits per heavy atom. The third kappa shape index (κ3) is 2.72. The molecule has 0 heterocycles. The van der Waals surface area contributed by atoms with Crippen molar-refractivity contribution in [2.45, 2.75) is 0 Å². The van der Waals surface area contributed by atoms with Gasteiger partial charge in [0.15, 0.2) is 0 Å². The highest BCUT2D eigenvalue weighted by Crippen LogP contribution is 2.23. The number of anilines is 2. The second kappa shape index (κ2) is 5.35. The van der Waals surface area contributed by atoms with Crippen molar-refractivity contribution >= 4 is 23.0 Å². The SMILES string of the molecule is Nc1ccc(C(=O)Nc2ccccc2F)cc1[N+](=O)[O-]. The number of benzene rings is 2. The average Bonchev–Trinajstić information content (AvgIpc) is 2.41. The molecule has 0 aliphatic carbocycles. The number of rotatable bonds is 3. The smallest absolute Gasteiger partial charge is 0.292 e. The number of hydrogen-bond acceptors (Lipinski definition) is 4. The van der Waals surface area contributed by atoms with Crippen molar-refractivity contribution in [2.75, 3.05) is 11.1 Å². The van der Waals surface area contributed by atoms with E-state index >= 15 is 0 Å². The highest BCUT2D eigenvalue weighted by atomic mass is 19.1.